The van der Waals surface area contributed by atoms with E-state index in [1.165, 1.54) is 6.29 Å². The van der Waals surface area contributed by atoms with E-state index in [0.717, 1.165) is 58.7 Å². The van der Waals surface area contributed by atoms with Crippen LogP contribution in [0.25, 0.3) is 0 Å². The highest BCUT2D eigenvalue weighted by atomic mass is 16.1. The van der Waals surface area contributed by atoms with Crippen LogP contribution in [-0.4, -0.2) is 80.9 Å². The van der Waals surface area contributed by atoms with Crippen molar-refractivity contribution in [3.05, 3.63) is 0 Å². The summed E-state index contributed by atoms with van der Waals surface area (Å²) in [5, 5.41) is 0. The lowest BCUT2D eigenvalue weighted by Crippen LogP contribution is -2.51. The predicted molar refractivity (Wildman–Crippen MR) is 80.5 cm³/mol. The van der Waals surface area contributed by atoms with Crippen molar-refractivity contribution in [2.75, 3.05) is 59.9 Å². The normalized spacial score (nSPS) is 19.0. The lowest BCUT2D eigenvalue weighted by molar-refractivity contribution is -0.118. The Bertz CT molecular complexity index is 256. The minimum atomic E-state index is -0.119. The Morgan fingerprint density at radius 2 is 1.58 bits per heavy atom. The van der Waals surface area contributed by atoms with Gasteiger partial charge in [0.05, 0.1) is 0 Å². The minimum Gasteiger partial charge on any atom is -0.308 e. The summed E-state index contributed by atoms with van der Waals surface area (Å²) in [6.45, 7) is 11.9. The molecule has 0 N–H and O–H groups in total. The highest BCUT2D eigenvalue weighted by Gasteiger charge is 2.29. The number of aldehydes is 1. The fraction of sp³-hybridized carbons (Fsp3) is 0.933. The lowest BCUT2D eigenvalue weighted by atomic mass is 9.83. The van der Waals surface area contributed by atoms with E-state index in [2.05, 4.69) is 42.6 Å². The van der Waals surface area contributed by atoms with Crippen LogP contribution >= 0.6 is 0 Å². The first kappa shape index (κ1) is 16.6. The molecule has 112 valence electrons. The second-order valence-electron chi connectivity index (χ2n) is 6.11. The smallest absolute Gasteiger partial charge is 0.127 e. The molecule has 0 radical (unpaired) electrons. The molecular formula is C15H31N3O. The second kappa shape index (κ2) is 7.98. The van der Waals surface area contributed by atoms with Gasteiger partial charge in [0, 0.05) is 51.2 Å². The monoisotopic (exact) mass is 269 g/mol. The van der Waals surface area contributed by atoms with Gasteiger partial charge in [-0.3, -0.25) is 9.80 Å². The van der Waals surface area contributed by atoms with E-state index in [1.54, 1.807) is 0 Å². The number of carbonyl (C=O) groups is 1. The maximum Gasteiger partial charge on any atom is 0.127 e. The Kier molecular flexibility index (Phi) is 6.97. The van der Waals surface area contributed by atoms with E-state index in [4.69, 9.17) is 0 Å². The highest BCUT2D eigenvalue weighted by molar-refractivity contribution is 5.59. The quantitative estimate of drug-likeness (QED) is 0.618. The number of carbonyl (C=O) groups excluding carboxylic acids is 1. The van der Waals surface area contributed by atoms with Crippen LogP contribution in [0.3, 0.4) is 0 Å². The summed E-state index contributed by atoms with van der Waals surface area (Å²) in [4.78, 5) is 18.6. The van der Waals surface area contributed by atoms with Gasteiger partial charge >= 0.3 is 0 Å². The molecule has 0 aromatic rings. The third kappa shape index (κ3) is 5.21. The van der Waals surface area contributed by atoms with Crippen LogP contribution in [0.1, 0.15) is 26.7 Å². The van der Waals surface area contributed by atoms with E-state index in [1.807, 2.05) is 0 Å². The summed E-state index contributed by atoms with van der Waals surface area (Å²) < 4.78 is 0. The first-order valence-corrected chi connectivity index (χ1v) is 7.61. The molecule has 1 heterocycles. The van der Waals surface area contributed by atoms with Crippen molar-refractivity contribution in [1.82, 2.24) is 14.7 Å². The molecule has 1 saturated heterocycles. The van der Waals surface area contributed by atoms with Crippen LogP contribution in [0.15, 0.2) is 0 Å². The molecule has 1 aliphatic heterocycles. The number of piperazine rings is 1. The van der Waals surface area contributed by atoms with Gasteiger partial charge < -0.3 is 9.69 Å². The van der Waals surface area contributed by atoms with E-state index in [9.17, 15) is 4.79 Å². The van der Waals surface area contributed by atoms with Gasteiger partial charge in [-0.2, -0.15) is 0 Å². The zero-order chi connectivity index (χ0) is 14.3. The number of nitrogens with zero attached hydrogens (tertiary/aromatic N) is 3. The standard InChI is InChI=1S/C15H31N3O/c1-5-15(6-2,14-19)13-18-11-9-17(10-12-18)8-7-16(3)4/h14H,5-13H2,1-4H3. The van der Waals surface area contributed by atoms with Gasteiger partial charge in [-0.15, -0.1) is 0 Å². The first-order chi connectivity index (χ1) is 9.05. The number of hydrogen-bond acceptors (Lipinski definition) is 4. The van der Waals surface area contributed by atoms with Crippen molar-refractivity contribution in [2.45, 2.75) is 26.7 Å². The molecule has 0 amide bonds. The van der Waals surface area contributed by atoms with Crippen molar-refractivity contribution >= 4 is 6.29 Å². The lowest BCUT2D eigenvalue weighted by Gasteiger charge is -2.39. The predicted octanol–water partition coefficient (Wildman–Crippen LogP) is 1.17. The van der Waals surface area contributed by atoms with E-state index < -0.39 is 0 Å². The molecule has 0 bridgehead atoms. The van der Waals surface area contributed by atoms with Crippen LogP contribution < -0.4 is 0 Å². The van der Waals surface area contributed by atoms with E-state index >= 15 is 0 Å². The number of rotatable bonds is 8. The number of likely N-dealkylation sites (N-methyl/N-ethyl adjacent to an activating group) is 1. The van der Waals surface area contributed by atoms with Gasteiger partial charge in [-0.05, 0) is 26.9 Å². The van der Waals surface area contributed by atoms with Crippen LogP contribution in [0, 0.1) is 5.41 Å². The average Bonchev–Trinajstić information content (AvgIpc) is 2.44. The zero-order valence-corrected chi connectivity index (χ0v) is 13.2. The summed E-state index contributed by atoms with van der Waals surface area (Å²) in [5.74, 6) is 0. The SMILES string of the molecule is CCC(C=O)(CC)CN1CCN(CCN(C)C)CC1. The molecule has 0 unspecified atom stereocenters. The Balaban J connectivity index is 2.35. The third-order valence-corrected chi connectivity index (χ3v) is 4.53. The molecule has 0 aromatic carbocycles. The van der Waals surface area contributed by atoms with E-state index in [-0.39, 0.29) is 5.41 Å². The second-order valence-corrected chi connectivity index (χ2v) is 6.11. The average molecular weight is 269 g/mol. The molecule has 0 saturated carbocycles. The molecule has 1 fully saturated rings. The third-order valence-electron chi connectivity index (χ3n) is 4.53. The molecule has 19 heavy (non-hydrogen) atoms. The summed E-state index contributed by atoms with van der Waals surface area (Å²) in [6, 6.07) is 0. The van der Waals surface area contributed by atoms with Crippen molar-refractivity contribution in [3.63, 3.8) is 0 Å². The van der Waals surface area contributed by atoms with E-state index in [0.29, 0.717) is 0 Å². The van der Waals surface area contributed by atoms with Gasteiger partial charge in [-0.1, -0.05) is 13.8 Å². The summed E-state index contributed by atoms with van der Waals surface area (Å²) in [6.07, 6.45) is 3.09. The van der Waals surface area contributed by atoms with Crippen LogP contribution in [0.5, 0.6) is 0 Å². The largest absolute Gasteiger partial charge is 0.308 e. The fourth-order valence-corrected chi connectivity index (χ4v) is 2.64. The Labute approximate surface area is 118 Å². The van der Waals surface area contributed by atoms with Crippen molar-refractivity contribution in [2.24, 2.45) is 5.41 Å². The highest BCUT2D eigenvalue weighted by Crippen LogP contribution is 2.25. The minimum absolute atomic E-state index is 0.119. The van der Waals surface area contributed by atoms with Crippen LogP contribution in [0.2, 0.25) is 0 Å². The van der Waals surface area contributed by atoms with Crippen molar-refractivity contribution < 1.29 is 4.79 Å². The Morgan fingerprint density at radius 1 is 1.05 bits per heavy atom. The summed E-state index contributed by atoms with van der Waals surface area (Å²) in [7, 11) is 4.24. The topological polar surface area (TPSA) is 26.8 Å². The maximum absolute atomic E-state index is 11.4. The molecule has 0 aliphatic carbocycles. The number of hydrogen-bond donors (Lipinski definition) is 0. The van der Waals surface area contributed by atoms with Crippen molar-refractivity contribution in [1.29, 1.82) is 0 Å². The maximum atomic E-state index is 11.4. The van der Waals surface area contributed by atoms with Gasteiger partial charge in [-0.25, -0.2) is 0 Å². The zero-order valence-electron chi connectivity index (χ0n) is 13.2. The first-order valence-electron chi connectivity index (χ1n) is 7.61. The molecule has 4 heteroatoms. The summed E-state index contributed by atoms with van der Waals surface area (Å²) in [5.41, 5.74) is -0.119. The molecule has 1 aliphatic rings. The van der Waals surface area contributed by atoms with Crippen molar-refractivity contribution in [3.8, 4) is 0 Å². The van der Waals surface area contributed by atoms with Gasteiger partial charge in [0.2, 0.25) is 0 Å². The Morgan fingerprint density at radius 3 is 2.00 bits per heavy atom. The fourth-order valence-electron chi connectivity index (χ4n) is 2.64. The van der Waals surface area contributed by atoms with Gasteiger partial charge in [0.1, 0.15) is 6.29 Å². The Hall–Kier alpha value is -0.450. The molecule has 4 nitrogen and oxygen atoms in total. The molecule has 1 rings (SSSR count). The van der Waals surface area contributed by atoms with Gasteiger partial charge in [0.15, 0.2) is 0 Å². The molecule has 0 atom stereocenters. The van der Waals surface area contributed by atoms with Crippen LogP contribution in [0.4, 0.5) is 0 Å². The molecular weight excluding hydrogens is 238 g/mol. The molecule has 0 spiro atoms. The van der Waals surface area contributed by atoms with Crippen LogP contribution in [-0.2, 0) is 4.79 Å². The summed E-state index contributed by atoms with van der Waals surface area (Å²) >= 11 is 0. The molecule has 0 aromatic heterocycles. The van der Waals surface area contributed by atoms with Gasteiger partial charge in [0.25, 0.3) is 0 Å².